The molecule has 0 fully saturated rings. The Labute approximate surface area is 126 Å². The van der Waals surface area contributed by atoms with Crippen molar-refractivity contribution in [3.05, 3.63) is 106 Å². The zero-order valence-corrected chi connectivity index (χ0v) is 12.2. The molecule has 1 aliphatic carbocycles. The van der Waals surface area contributed by atoms with Crippen molar-refractivity contribution in [2.75, 3.05) is 0 Å². The van der Waals surface area contributed by atoms with Crippen LogP contribution in [-0.2, 0) is 6.42 Å². The van der Waals surface area contributed by atoms with Gasteiger partial charge >= 0.3 is 0 Å². The molecule has 0 heterocycles. The molecule has 3 aromatic rings. The second-order valence-corrected chi connectivity index (χ2v) is 5.92. The monoisotopic (exact) mass is 270 g/mol. The summed E-state index contributed by atoms with van der Waals surface area (Å²) in [4.78, 5) is 0. The molecule has 0 aliphatic heterocycles. The molecule has 0 saturated carbocycles. The molecule has 1 aliphatic rings. The molecule has 102 valence electrons. The predicted octanol–water partition coefficient (Wildman–Crippen LogP) is 5.08. The Balaban J connectivity index is 1.95. The van der Waals surface area contributed by atoms with Crippen LogP contribution in [0.4, 0.5) is 0 Å². The van der Waals surface area contributed by atoms with Gasteiger partial charge in [-0.1, -0.05) is 78.4 Å². The van der Waals surface area contributed by atoms with Crippen LogP contribution in [0, 0.1) is 6.92 Å². The standard InChI is InChI=1S/C21H18/c1-15-10-12-16(13-11-15)21-19-8-4-2-6-17(19)14-18-7-3-5-9-20(18)21/h2-13,21H,14H2,1H3. The fraction of sp³-hybridized carbons (Fsp3) is 0.143. The van der Waals surface area contributed by atoms with Crippen molar-refractivity contribution in [1.82, 2.24) is 0 Å². The van der Waals surface area contributed by atoms with Crippen LogP contribution in [0.3, 0.4) is 0 Å². The van der Waals surface area contributed by atoms with Gasteiger partial charge in [0.25, 0.3) is 0 Å². The quantitative estimate of drug-likeness (QED) is 0.452. The van der Waals surface area contributed by atoms with E-state index in [1.807, 2.05) is 0 Å². The number of aryl methyl sites for hydroxylation is 1. The fourth-order valence-electron chi connectivity index (χ4n) is 3.44. The maximum Gasteiger partial charge on any atom is 0.0345 e. The second kappa shape index (κ2) is 4.89. The minimum absolute atomic E-state index is 0.367. The van der Waals surface area contributed by atoms with E-state index in [9.17, 15) is 0 Å². The third kappa shape index (κ3) is 2.08. The summed E-state index contributed by atoms with van der Waals surface area (Å²) in [5.74, 6) is 0.367. The van der Waals surface area contributed by atoms with Gasteiger partial charge in [-0.2, -0.15) is 0 Å². The second-order valence-electron chi connectivity index (χ2n) is 5.92. The average molecular weight is 270 g/mol. The van der Waals surface area contributed by atoms with Gasteiger partial charge in [0.05, 0.1) is 0 Å². The smallest absolute Gasteiger partial charge is 0.0345 e. The summed E-state index contributed by atoms with van der Waals surface area (Å²) in [6.45, 7) is 2.15. The lowest BCUT2D eigenvalue weighted by Crippen LogP contribution is -2.14. The first kappa shape index (κ1) is 12.4. The summed E-state index contributed by atoms with van der Waals surface area (Å²) in [6.07, 6.45) is 1.05. The van der Waals surface area contributed by atoms with Gasteiger partial charge in [-0.05, 0) is 41.2 Å². The van der Waals surface area contributed by atoms with Gasteiger partial charge in [0, 0.05) is 5.92 Å². The van der Waals surface area contributed by atoms with Crippen LogP contribution in [-0.4, -0.2) is 0 Å². The summed E-state index contributed by atoms with van der Waals surface area (Å²) >= 11 is 0. The Kier molecular flexibility index (Phi) is 2.89. The maximum atomic E-state index is 2.29. The van der Waals surface area contributed by atoms with Crippen LogP contribution in [0.15, 0.2) is 72.8 Å². The van der Waals surface area contributed by atoms with Gasteiger partial charge in [0.1, 0.15) is 0 Å². The maximum absolute atomic E-state index is 2.29. The highest BCUT2D eigenvalue weighted by atomic mass is 14.3. The number of rotatable bonds is 1. The molecular formula is C21H18. The highest BCUT2D eigenvalue weighted by molar-refractivity contribution is 5.54. The Bertz CT molecular complexity index is 736. The molecule has 0 aromatic heterocycles. The summed E-state index contributed by atoms with van der Waals surface area (Å²) in [7, 11) is 0. The van der Waals surface area contributed by atoms with Crippen molar-refractivity contribution < 1.29 is 0 Å². The first-order chi connectivity index (χ1) is 10.3. The normalized spacial score (nSPS) is 13.6. The molecular weight excluding hydrogens is 252 g/mol. The first-order valence-electron chi connectivity index (χ1n) is 7.55. The van der Waals surface area contributed by atoms with Crippen LogP contribution in [0.5, 0.6) is 0 Å². The Hall–Kier alpha value is -2.34. The van der Waals surface area contributed by atoms with Crippen molar-refractivity contribution in [3.8, 4) is 0 Å². The molecule has 4 rings (SSSR count). The molecule has 0 spiro atoms. The van der Waals surface area contributed by atoms with Gasteiger partial charge in [-0.15, -0.1) is 0 Å². The van der Waals surface area contributed by atoms with Gasteiger partial charge in [-0.3, -0.25) is 0 Å². The third-order valence-corrected chi connectivity index (χ3v) is 4.52. The van der Waals surface area contributed by atoms with Gasteiger partial charge < -0.3 is 0 Å². The number of hydrogen-bond donors (Lipinski definition) is 0. The highest BCUT2D eigenvalue weighted by Gasteiger charge is 2.25. The molecule has 0 saturated heterocycles. The predicted molar refractivity (Wildman–Crippen MR) is 87.8 cm³/mol. The lowest BCUT2D eigenvalue weighted by Gasteiger charge is -2.29. The zero-order chi connectivity index (χ0) is 14.2. The van der Waals surface area contributed by atoms with Gasteiger partial charge in [0.15, 0.2) is 0 Å². The molecule has 0 nitrogen and oxygen atoms in total. The van der Waals surface area contributed by atoms with Crippen molar-refractivity contribution in [2.24, 2.45) is 0 Å². The molecule has 3 aromatic carbocycles. The minimum Gasteiger partial charge on any atom is -0.0620 e. The molecule has 0 radical (unpaired) electrons. The molecule has 0 unspecified atom stereocenters. The number of fused-ring (bicyclic) bond motifs is 2. The Morgan fingerprint density at radius 2 is 1.19 bits per heavy atom. The van der Waals surface area contributed by atoms with E-state index in [1.54, 1.807) is 0 Å². The lowest BCUT2D eigenvalue weighted by atomic mass is 9.75. The Morgan fingerprint density at radius 1 is 0.667 bits per heavy atom. The number of benzene rings is 3. The van der Waals surface area contributed by atoms with Crippen LogP contribution in [0.1, 0.15) is 39.3 Å². The summed E-state index contributed by atoms with van der Waals surface area (Å²) in [5, 5.41) is 0. The van der Waals surface area contributed by atoms with Crippen LogP contribution < -0.4 is 0 Å². The summed E-state index contributed by atoms with van der Waals surface area (Å²) in [6, 6.07) is 26.7. The van der Waals surface area contributed by atoms with Crippen molar-refractivity contribution in [2.45, 2.75) is 19.3 Å². The van der Waals surface area contributed by atoms with E-state index in [4.69, 9.17) is 0 Å². The van der Waals surface area contributed by atoms with E-state index in [1.165, 1.54) is 33.4 Å². The molecule has 21 heavy (non-hydrogen) atoms. The van der Waals surface area contributed by atoms with E-state index in [-0.39, 0.29) is 0 Å². The van der Waals surface area contributed by atoms with Crippen LogP contribution in [0.2, 0.25) is 0 Å². The van der Waals surface area contributed by atoms with E-state index in [0.717, 1.165) is 6.42 Å². The van der Waals surface area contributed by atoms with Gasteiger partial charge in [0.2, 0.25) is 0 Å². The van der Waals surface area contributed by atoms with Crippen LogP contribution >= 0.6 is 0 Å². The first-order valence-corrected chi connectivity index (χ1v) is 7.55. The van der Waals surface area contributed by atoms with Crippen LogP contribution in [0.25, 0.3) is 0 Å². The summed E-state index contributed by atoms with van der Waals surface area (Å²) in [5.41, 5.74) is 8.54. The van der Waals surface area contributed by atoms with Gasteiger partial charge in [-0.25, -0.2) is 0 Å². The zero-order valence-electron chi connectivity index (χ0n) is 12.2. The highest BCUT2D eigenvalue weighted by Crippen LogP contribution is 2.40. The Morgan fingerprint density at radius 3 is 1.76 bits per heavy atom. The van der Waals surface area contributed by atoms with Crippen molar-refractivity contribution in [3.63, 3.8) is 0 Å². The van der Waals surface area contributed by atoms with E-state index >= 15 is 0 Å². The van der Waals surface area contributed by atoms with Crippen molar-refractivity contribution >= 4 is 0 Å². The SMILES string of the molecule is Cc1ccc(C2c3ccccc3Cc3ccccc32)cc1. The largest absolute Gasteiger partial charge is 0.0620 e. The minimum atomic E-state index is 0.367. The molecule has 0 N–H and O–H groups in total. The van der Waals surface area contributed by atoms with E-state index in [0.29, 0.717) is 5.92 Å². The molecule has 0 bridgehead atoms. The van der Waals surface area contributed by atoms with E-state index in [2.05, 4.69) is 79.7 Å². The topological polar surface area (TPSA) is 0 Å². The number of hydrogen-bond acceptors (Lipinski definition) is 0. The average Bonchev–Trinajstić information content (AvgIpc) is 2.53. The summed E-state index contributed by atoms with van der Waals surface area (Å²) < 4.78 is 0. The van der Waals surface area contributed by atoms with Crippen molar-refractivity contribution in [1.29, 1.82) is 0 Å². The molecule has 0 amide bonds. The van der Waals surface area contributed by atoms with E-state index < -0.39 is 0 Å². The molecule has 0 heteroatoms. The molecule has 0 atom stereocenters. The fourth-order valence-corrected chi connectivity index (χ4v) is 3.44. The third-order valence-electron chi connectivity index (χ3n) is 4.52. The lowest BCUT2D eigenvalue weighted by molar-refractivity contribution is 0.885.